The molecular formula is C19H20O3. The lowest BCUT2D eigenvalue weighted by atomic mass is 10.0. The quantitative estimate of drug-likeness (QED) is 0.904. The van der Waals surface area contributed by atoms with Gasteiger partial charge in [-0.25, -0.2) is 0 Å². The monoisotopic (exact) mass is 296 g/mol. The van der Waals surface area contributed by atoms with Crippen molar-refractivity contribution in [1.29, 1.82) is 0 Å². The van der Waals surface area contributed by atoms with Gasteiger partial charge in [-0.1, -0.05) is 30.3 Å². The molecular weight excluding hydrogens is 276 g/mol. The van der Waals surface area contributed by atoms with Gasteiger partial charge < -0.3 is 9.84 Å². The Morgan fingerprint density at radius 2 is 2.09 bits per heavy atom. The van der Waals surface area contributed by atoms with E-state index < -0.39 is 5.97 Å². The lowest BCUT2D eigenvalue weighted by Crippen LogP contribution is -2.04. The van der Waals surface area contributed by atoms with Crippen LogP contribution in [0.4, 0.5) is 0 Å². The lowest BCUT2D eigenvalue weighted by molar-refractivity contribution is -0.136. The van der Waals surface area contributed by atoms with Crippen LogP contribution in [-0.2, 0) is 17.6 Å². The number of aliphatic carboxylic acids is 1. The van der Waals surface area contributed by atoms with Crippen LogP contribution in [0.3, 0.4) is 0 Å². The van der Waals surface area contributed by atoms with E-state index in [9.17, 15) is 4.79 Å². The van der Waals surface area contributed by atoms with Crippen LogP contribution in [-0.4, -0.2) is 11.1 Å². The highest BCUT2D eigenvalue weighted by atomic mass is 16.5. The second-order valence-electron chi connectivity index (χ2n) is 5.83. The summed E-state index contributed by atoms with van der Waals surface area (Å²) in [6.07, 6.45) is 2.93. The maximum Gasteiger partial charge on any atom is 0.303 e. The van der Waals surface area contributed by atoms with Crippen molar-refractivity contribution in [3.05, 3.63) is 64.7 Å². The Balaban J connectivity index is 1.72. The van der Waals surface area contributed by atoms with E-state index in [-0.39, 0.29) is 12.5 Å². The fourth-order valence-corrected chi connectivity index (χ4v) is 3.07. The highest BCUT2D eigenvalue weighted by Gasteiger charge is 2.23. The van der Waals surface area contributed by atoms with Crippen molar-refractivity contribution in [2.24, 2.45) is 0 Å². The van der Waals surface area contributed by atoms with Crippen LogP contribution in [0.25, 0.3) is 0 Å². The summed E-state index contributed by atoms with van der Waals surface area (Å²) < 4.78 is 6.15. The van der Waals surface area contributed by atoms with Gasteiger partial charge >= 0.3 is 5.97 Å². The Kier molecular flexibility index (Phi) is 4.14. The Labute approximate surface area is 130 Å². The van der Waals surface area contributed by atoms with Crippen molar-refractivity contribution in [2.45, 2.75) is 38.7 Å². The smallest absolute Gasteiger partial charge is 0.303 e. The molecule has 1 aliphatic carbocycles. The average Bonchev–Trinajstić information content (AvgIpc) is 2.90. The van der Waals surface area contributed by atoms with E-state index in [0.29, 0.717) is 6.42 Å². The number of carbonyl (C=O) groups is 1. The predicted octanol–water partition coefficient (Wildman–Crippen LogP) is 4.08. The molecule has 0 heterocycles. The Morgan fingerprint density at radius 1 is 1.27 bits per heavy atom. The van der Waals surface area contributed by atoms with Gasteiger partial charge in [-0.2, -0.15) is 0 Å². The molecule has 3 nitrogen and oxygen atoms in total. The van der Waals surface area contributed by atoms with Gasteiger partial charge in [0.25, 0.3) is 0 Å². The summed E-state index contributed by atoms with van der Waals surface area (Å²) in [4.78, 5) is 10.7. The fourth-order valence-electron chi connectivity index (χ4n) is 3.07. The number of hydrogen-bond acceptors (Lipinski definition) is 2. The van der Waals surface area contributed by atoms with Crippen LogP contribution >= 0.6 is 0 Å². The molecule has 1 atom stereocenters. The topological polar surface area (TPSA) is 46.5 Å². The van der Waals surface area contributed by atoms with Gasteiger partial charge in [0, 0.05) is 6.42 Å². The van der Waals surface area contributed by atoms with Crippen molar-refractivity contribution in [1.82, 2.24) is 0 Å². The zero-order valence-corrected chi connectivity index (χ0v) is 12.7. The van der Waals surface area contributed by atoms with E-state index in [1.807, 2.05) is 25.1 Å². The molecule has 3 heteroatoms. The van der Waals surface area contributed by atoms with Gasteiger partial charge in [-0.15, -0.1) is 0 Å². The van der Waals surface area contributed by atoms with Gasteiger partial charge in [0.15, 0.2) is 0 Å². The van der Waals surface area contributed by atoms with Crippen LogP contribution < -0.4 is 4.74 Å². The van der Waals surface area contributed by atoms with Crippen molar-refractivity contribution in [3.63, 3.8) is 0 Å². The summed E-state index contributed by atoms with van der Waals surface area (Å²) in [6.45, 7) is 2.01. The summed E-state index contributed by atoms with van der Waals surface area (Å²) in [6, 6.07) is 14.4. The number of benzene rings is 2. The maximum atomic E-state index is 10.7. The fraction of sp³-hybridized carbons (Fsp3) is 0.316. The molecule has 3 rings (SSSR count). The van der Waals surface area contributed by atoms with E-state index in [2.05, 4.69) is 24.3 Å². The molecule has 2 aromatic carbocycles. The van der Waals surface area contributed by atoms with Crippen LogP contribution in [0.1, 0.15) is 41.2 Å². The molecule has 1 aliphatic rings. The zero-order valence-electron chi connectivity index (χ0n) is 12.7. The standard InChI is InChI=1S/C19H20O3/c1-13-12-16(9-6-14(13)8-11-19(20)21)22-18-10-7-15-4-2-3-5-17(15)18/h2-6,9,12,18H,7-8,10-11H2,1H3,(H,20,21). The molecule has 22 heavy (non-hydrogen) atoms. The maximum absolute atomic E-state index is 10.7. The van der Waals surface area contributed by atoms with E-state index in [4.69, 9.17) is 9.84 Å². The molecule has 2 aromatic rings. The number of hydrogen-bond donors (Lipinski definition) is 1. The van der Waals surface area contributed by atoms with Crippen LogP contribution in [0, 0.1) is 6.92 Å². The second-order valence-corrected chi connectivity index (χ2v) is 5.83. The van der Waals surface area contributed by atoms with E-state index in [1.165, 1.54) is 11.1 Å². The molecule has 1 unspecified atom stereocenters. The minimum absolute atomic E-state index is 0.125. The number of carboxylic acid groups (broad SMARTS) is 1. The summed E-state index contributed by atoms with van der Waals surface area (Å²) in [5, 5.41) is 8.78. The molecule has 0 aliphatic heterocycles. The van der Waals surface area contributed by atoms with E-state index >= 15 is 0 Å². The first-order valence-corrected chi connectivity index (χ1v) is 7.69. The first kappa shape index (κ1) is 14.6. The Bertz CT molecular complexity index is 691. The molecule has 1 N–H and O–H groups in total. The molecule has 0 spiro atoms. The number of aryl methyl sites for hydroxylation is 3. The number of rotatable bonds is 5. The summed E-state index contributed by atoms with van der Waals surface area (Å²) >= 11 is 0. The van der Waals surface area contributed by atoms with Crippen LogP contribution in [0.2, 0.25) is 0 Å². The van der Waals surface area contributed by atoms with E-state index in [0.717, 1.165) is 29.7 Å². The van der Waals surface area contributed by atoms with Crippen molar-refractivity contribution in [2.75, 3.05) is 0 Å². The molecule has 0 saturated heterocycles. The number of fused-ring (bicyclic) bond motifs is 1. The molecule has 114 valence electrons. The molecule has 0 bridgehead atoms. The highest BCUT2D eigenvalue weighted by molar-refractivity contribution is 5.67. The van der Waals surface area contributed by atoms with Crippen molar-refractivity contribution >= 4 is 5.97 Å². The number of ether oxygens (including phenoxy) is 1. The predicted molar refractivity (Wildman–Crippen MR) is 85.3 cm³/mol. The Hall–Kier alpha value is -2.29. The second kappa shape index (κ2) is 6.22. The Morgan fingerprint density at radius 3 is 2.86 bits per heavy atom. The highest BCUT2D eigenvalue weighted by Crippen LogP contribution is 2.35. The molecule has 0 amide bonds. The van der Waals surface area contributed by atoms with Gasteiger partial charge in [0.05, 0.1) is 0 Å². The molecule has 0 fully saturated rings. The first-order chi connectivity index (χ1) is 10.6. The molecule has 0 saturated carbocycles. The average molecular weight is 296 g/mol. The van der Waals surface area contributed by atoms with Gasteiger partial charge in [-0.05, 0) is 60.6 Å². The van der Waals surface area contributed by atoms with Crippen molar-refractivity contribution < 1.29 is 14.6 Å². The molecule has 0 aromatic heterocycles. The molecule has 0 radical (unpaired) electrons. The first-order valence-electron chi connectivity index (χ1n) is 7.69. The van der Waals surface area contributed by atoms with Crippen LogP contribution in [0.15, 0.2) is 42.5 Å². The van der Waals surface area contributed by atoms with Crippen LogP contribution in [0.5, 0.6) is 5.75 Å². The van der Waals surface area contributed by atoms with E-state index in [1.54, 1.807) is 0 Å². The zero-order chi connectivity index (χ0) is 15.5. The summed E-state index contributed by atoms with van der Waals surface area (Å²) in [5.74, 6) is 0.0977. The van der Waals surface area contributed by atoms with Gasteiger partial charge in [0.2, 0.25) is 0 Å². The van der Waals surface area contributed by atoms with Gasteiger partial charge in [0.1, 0.15) is 11.9 Å². The summed E-state index contributed by atoms with van der Waals surface area (Å²) in [5.41, 5.74) is 4.82. The number of carboxylic acids is 1. The normalized spacial score (nSPS) is 16.3. The third-order valence-corrected chi connectivity index (χ3v) is 4.28. The lowest BCUT2D eigenvalue weighted by Gasteiger charge is -2.16. The SMILES string of the molecule is Cc1cc(OC2CCc3ccccc32)ccc1CCC(=O)O. The summed E-state index contributed by atoms with van der Waals surface area (Å²) in [7, 11) is 0. The van der Waals surface area contributed by atoms with Gasteiger partial charge in [-0.3, -0.25) is 4.79 Å². The minimum Gasteiger partial charge on any atom is -0.486 e. The van der Waals surface area contributed by atoms with Crippen molar-refractivity contribution in [3.8, 4) is 5.75 Å². The minimum atomic E-state index is -0.762. The third-order valence-electron chi connectivity index (χ3n) is 4.28. The third kappa shape index (κ3) is 3.14. The largest absolute Gasteiger partial charge is 0.486 e.